The molecule has 2 atom stereocenters. The van der Waals surface area contributed by atoms with Gasteiger partial charge in [0.25, 0.3) is 0 Å². The Balaban J connectivity index is 2.15. The molecule has 1 aromatic carbocycles. The number of nitrogens with zero attached hydrogens (tertiary/aromatic N) is 1. The molecule has 6 heteroatoms. The van der Waals surface area contributed by atoms with Gasteiger partial charge in [-0.15, -0.1) is 0 Å². The highest BCUT2D eigenvalue weighted by Gasteiger charge is 2.35. The highest BCUT2D eigenvalue weighted by molar-refractivity contribution is 7.91. The minimum atomic E-state index is -2.94. The third-order valence-corrected chi connectivity index (χ3v) is 5.72. The minimum Gasteiger partial charge on any atom is -0.394 e. The van der Waals surface area contributed by atoms with Gasteiger partial charge in [-0.2, -0.15) is 0 Å². The maximum Gasteiger partial charge on any atom is 0.153 e. The van der Waals surface area contributed by atoms with E-state index < -0.39 is 15.4 Å². The zero-order valence-electron chi connectivity index (χ0n) is 11.7. The Morgan fingerprint density at radius 1 is 1.40 bits per heavy atom. The molecular formula is C14H22N2O3S. The lowest BCUT2D eigenvalue weighted by molar-refractivity contribution is 0.119. The maximum absolute atomic E-state index is 11.6. The minimum absolute atomic E-state index is 0.0769. The molecule has 5 nitrogen and oxygen atoms in total. The lowest BCUT2D eigenvalue weighted by Gasteiger charge is -2.39. The molecule has 1 aromatic rings. The Labute approximate surface area is 120 Å². The van der Waals surface area contributed by atoms with Gasteiger partial charge in [-0.25, -0.2) is 8.42 Å². The van der Waals surface area contributed by atoms with E-state index in [0.717, 1.165) is 5.56 Å². The van der Waals surface area contributed by atoms with Crippen LogP contribution >= 0.6 is 0 Å². The first-order valence-corrected chi connectivity index (χ1v) is 8.58. The number of benzene rings is 1. The van der Waals surface area contributed by atoms with E-state index in [1.165, 1.54) is 0 Å². The van der Waals surface area contributed by atoms with E-state index in [-0.39, 0.29) is 24.2 Å². The molecule has 1 aliphatic rings. The number of hydrogen-bond acceptors (Lipinski definition) is 5. The van der Waals surface area contributed by atoms with Crippen molar-refractivity contribution in [1.82, 2.24) is 4.90 Å². The quantitative estimate of drug-likeness (QED) is 0.814. The van der Waals surface area contributed by atoms with Crippen molar-refractivity contribution < 1.29 is 13.5 Å². The van der Waals surface area contributed by atoms with Gasteiger partial charge in [-0.3, -0.25) is 4.90 Å². The van der Waals surface area contributed by atoms with Crippen molar-refractivity contribution in [2.24, 2.45) is 5.73 Å². The van der Waals surface area contributed by atoms with Gasteiger partial charge in [0.15, 0.2) is 9.84 Å². The summed E-state index contributed by atoms with van der Waals surface area (Å²) in [5.74, 6) is 0.316. The van der Waals surface area contributed by atoms with Crippen molar-refractivity contribution in [1.29, 1.82) is 0 Å². The van der Waals surface area contributed by atoms with E-state index in [4.69, 9.17) is 5.73 Å². The van der Waals surface area contributed by atoms with Crippen LogP contribution in [0.2, 0.25) is 0 Å². The Morgan fingerprint density at radius 2 is 2.05 bits per heavy atom. The molecule has 3 N–H and O–H groups in total. The zero-order valence-corrected chi connectivity index (χ0v) is 12.5. The average Bonchev–Trinajstić information content (AvgIpc) is 2.42. The van der Waals surface area contributed by atoms with Crippen LogP contribution in [0.5, 0.6) is 0 Å². The number of hydrogen-bond donors (Lipinski definition) is 2. The topological polar surface area (TPSA) is 83.6 Å². The third-order valence-electron chi connectivity index (χ3n) is 3.92. The van der Waals surface area contributed by atoms with Gasteiger partial charge in [0, 0.05) is 19.1 Å². The molecule has 20 heavy (non-hydrogen) atoms. The summed E-state index contributed by atoms with van der Waals surface area (Å²) < 4.78 is 23.2. The number of aliphatic hydroxyl groups excluding tert-OH is 1. The molecule has 2 unspecified atom stereocenters. The fourth-order valence-corrected chi connectivity index (χ4v) is 4.26. The molecule has 0 bridgehead atoms. The number of sulfone groups is 1. The Bertz CT molecular complexity index is 547. The number of nitrogens with two attached hydrogens (primary N) is 1. The molecule has 0 spiro atoms. The van der Waals surface area contributed by atoms with Crippen LogP contribution in [0.25, 0.3) is 0 Å². The summed E-state index contributed by atoms with van der Waals surface area (Å²) in [7, 11) is -2.94. The van der Waals surface area contributed by atoms with Crippen LogP contribution in [0.1, 0.15) is 12.5 Å². The Morgan fingerprint density at radius 3 is 2.60 bits per heavy atom. The van der Waals surface area contributed by atoms with Gasteiger partial charge < -0.3 is 10.8 Å². The zero-order chi connectivity index (χ0) is 14.8. The summed E-state index contributed by atoms with van der Waals surface area (Å²) >= 11 is 0. The second kappa shape index (κ2) is 5.81. The lowest BCUT2D eigenvalue weighted by Crippen LogP contribution is -2.56. The molecule has 1 fully saturated rings. The first kappa shape index (κ1) is 15.4. The second-order valence-electron chi connectivity index (χ2n) is 5.61. The van der Waals surface area contributed by atoms with Crippen molar-refractivity contribution >= 4 is 9.84 Å². The van der Waals surface area contributed by atoms with Crippen molar-refractivity contribution in [3.05, 3.63) is 35.9 Å². The molecule has 0 amide bonds. The molecule has 112 valence electrons. The molecule has 1 aliphatic heterocycles. The van der Waals surface area contributed by atoms with Crippen LogP contribution in [0, 0.1) is 0 Å². The summed E-state index contributed by atoms with van der Waals surface area (Å²) in [4.78, 5) is 2.05. The van der Waals surface area contributed by atoms with Gasteiger partial charge >= 0.3 is 0 Å². The highest BCUT2D eigenvalue weighted by atomic mass is 32.2. The number of aliphatic hydroxyl groups is 1. The average molecular weight is 298 g/mol. The molecule has 2 rings (SSSR count). The summed E-state index contributed by atoms with van der Waals surface area (Å²) in [5.41, 5.74) is 6.34. The largest absolute Gasteiger partial charge is 0.394 e. The van der Waals surface area contributed by atoms with E-state index in [1.807, 2.05) is 42.2 Å². The van der Waals surface area contributed by atoms with Crippen LogP contribution < -0.4 is 5.73 Å². The molecule has 1 saturated heterocycles. The summed E-state index contributed by atoms with van der Waals surface area (Å²) in [6.45, 7) is 2.63. The van der Waals surface area contributed by atoms with E-state index in [2.05, 4.69) is 0 Å². The number of rotatable bonds is 4. The van der Waals surface area contributed by atoms with Crippen molar-refractivity contribution in [3.63, 3.8) is 0 Å². The Hall–Kier alpha value is -0.950. The SMILES string of the molecule is CC1CS(=O)(=O)CCN1CC(N)(CO)c1ccccc1. The molecule has 0 aromatic heterocycles. The molecule has 1 heterocycles. The summed E-state index contributed by atoms with van der Waals surface area (Å²) in [6, 6.07) is 9.38. The second-order valence-corrected chi connectivity index (χ2v) is 7.84. The van der Waals surface area contributed by atoms with E-state index >= 15 is 0 Å². The van der Waals surface area contributed by atoms with Crippen molar-refractivity contribution in [3.8, 4) is 0 Å². The standard InChI is InChI=1S/C14H22N2O3S/c1-12-9-20(18,19)8-7-16(12)10-14(15,11-17)13-5-3-2-4-6-13/h2-6,12,17H,7-11,15H2,1H3. The van der Waals surface area contributed by atoms with Gasteiger partial charge in [0.1, 0.15) is 0 Å². The van der Waals surface area contributed by atoms with Crippen LogP contribution in [0.4, 0.5) is 0 Å². The van der Waals surface area contributed by atoms with Crippen molar-refractivity contribution in [2.45, 2.75) is 18.5 Å². The van der Waals surface area contributed by atoms with Gasteiger partial charge in [-0.05, 0) is 12.5 Å². The third kappa shape index (κ3) is 3.38. The van der Waals surface area contributed by atoms with Crippen molar-refractivity contribution in [2.75, 3.05) is 31.2 Å². The smallest absolute Gasteiger partial charge is 0.153 e. The summed E-state index contributed by atoms with van der Waals surface area (Å²) in [6.07, 6.45) is 0. The molecule has 0 radical (unpaired) electrons. The van der Waals surface area contributed by atoms with E-state index in [0.29, 0.717) is 13.1 Å². The highest BCUT2D eigenvalue weighted by Crippen LogP contribution is 2.22. The Kier molecular flexibility index (Phi) is 4.49. The van der Waals surface area contributed by atoms with E-state index in [1.54, 1.807) is 0 Å². The molecular weight excluding hydrogens is 276 g/mol. The first-order chi connectivity index (χ1) is 9.36. The van der Waals surface area contributed by atoms with Crippen LogP contribution in [-0.4, -0.2) is 55.7 Å². The summed E-state index contributed by atoms with van der Waals surface area (Å²) in [5, 5.41) is 9.69. The van der Waals surface area contributed by atoms with Gasteiger partial charge in [-0.1, -0.05) is 30.3 Å². The van der Waals surface area contributed by atoms with Gasteiger partial charge in [0.2, 0.25) is 0 Å². The van der Waals surface area contributed by atoms with Crippen LogP contribution in [-0.2, 0) is 15.4 Å². The fraction of sp³-hybridized carbons (Fsp3) is 0.571. The maximum atomic E-state index is 11.6. The first-order valence-electron chi connectivity index (χ1n) is 6.76. The molecule has 0 saturated carbocycles. The van der Waals surface area contributed by atoms with Crippen LogP contribution in [0.3, 0.4) is 0 Å². The van der Waals surface area contributed by atoms with Gasteiger partial charge in [0.05, 0.1) is 23.7 Å². The predicted octanol–water partition coefficient (Wildman–Crippen LogP) is -0.0482. The normalized spacial score (nSPS) is 26.1. The monoisotopic (exact) mass is 298 g/mol. The van der Waals surface area contributed by atoms with Crippen LogP contribution in [0.15, 0.2) is 30.3 Å². The lowest BCUT2D eigenvalue weighted by atomic mass is 9.91. The fourth-order valence-electron chi connectivity index (χ4n) is 2.63. The molecule has 0 aliphatic carbocycles. The van der Waals surface area contributed by atoms with E-state index in [9.17, 15) is 13.5 Å². The predicted molar refractivity (Wildman–Crippen MR) is 79.1 cm³/mol.